The Bertz CT molecular complexity index is 734. The van der Waals surface area contributed by atoms with Crippen molar-refractivity contribution in [1.29, 1.82) is 0 Å². The topological polar surface area (TPSA) is 75.7 Å². The second kappa shape index (κ2) is 6.69. The number of rotatable bonds is 3. The Morgan fingerprint density at radius 3 is 2.58 bits per heavy atom. The summed E-state index contributed by atoms with van der Waals surface area (Å²) in [6, 6.07) is 1.91. The van der Waals surface area contributed by atoms with Gasteiger partial charge in [-0.25, -0.2) is 13.2 Å². The zero-order chi connectivity index (χ0) is 18.1. The molecule has 1 fully saturated rings. The highest BCUT2D eigenvalue weighted by molar-refractivity contribution is 7.89. The van der Waals surface area contributed by atoms with Crippen molar-refractivity contribution in [3.05, 3.63) is 29.3 Å². The van der Waals surface area contributed by atoms with Gasteiger partial charge in [0, 0.05) is 25.7 Å². The van der Waals surface area contributed by atoms with Gasteiger partial charge >= 0.3 is 12.1 Å². The summed E-state index contributed by atoms with van der Waals surface area (Å²) in [5.74, 6) is -1.18. The number of nitrogens with one attached hydrogen (secondary N) is 1. The fourth-order valence-corrected chi connectivity index (χ4v) is 4.18. The lowest BCUT2D eigenvalue weighted by Crippen LogP contribution is -2.52. The summed E-state index contributed by atoms with van der Waals surface area (Å²) < 4.78 is 70.4. The maximum absolute atomic E-state index is 13.2. The van der Waals surface area contributed by atoms with E-state index in [1.54, 1.807) is 6.92 Å². The van der Waals surface area contributed by atoms with E-state index in [0.717, 1.165) is 23.5 Å². The van der Waals surface area contributed by atoms with Gasteiger partial charge in [-0.15, -0.1) is 0 Å². The number of carbonyl (C=O) groups excluding carboxylic acids is 1. The summed E-state index contributed by atoms with van der Waals surface area (Å²) in [5.41, 5.74) is -2.06. The van der Waals surface area contributed by atoms with Gasteiger partial charge < -0.3 is 10.1 Å². The van der Waals surface area contributed by atoms with E-state index in [2.05, 4.69) is 10.1 Å². The average Bonchev–Trinajstić information content (AvgIpc) is 2.53. The molecule has 10 heteroatoms. The first kappa shape index (κ1) is 18.7. The summed E-state index contributed by atoms with van der Waals surface area (Å²) in [6.45, 7) is 2.64. The summed E-state index contributed by atoms with van der Waals surface area (Å²) in [5, 5.41) is 3.01. The van der Waals surface area contributed by atoms with Crippen molar-refractivity contribution in [3.8, 4) is 0 Å². The molecule has 1 heterocycles. The minimum Gasteiger partial charge on any atom is -0.465 e. The Balaban J connectivity index is 2.53. The van der Waals surface area contributed by atoms with Crippen LogP contribution in [0.1, 0.15) is 22.8 Å². The average molecular weight is 366 g/mol. The van der Waals surface area contributed by atoms with Gasteiger partial charge in [0.1, 0.15) is 0 Å². The highest BCUT2D eigenvalue weighted by Gasteiger charge is 2.38. The Hall–Kier alpha value is -1.65. The molecule has 1 aliphatic heterocycles. The highest BCUT2D eigenvalue weighted by Crippen LogP contribution is 2.34. The number of alkyl halides is 3. The van der Waals surface area contributed by atoms with E-state index in [1.807, 2.05) is 0 Å². The van der Waals surface area contributed by atoms with Crippen LogP contribution in [0.2, 0.25) is 0 Å². The van der Waals surface area contributed by atoms with Crippen LogP contribution in [0, 0.1) is 0 Å². The lowest BCUT2D eigenvalue weighted by atomic mass is 10.1. The first-order valence-corrected chi connectivity index (χ1v) is 8.55. The number of methoxy groups -OCH3 is 1. The fourth-order valence-electron chi connectivity index (χ4n) is 2.52. The first-order valence-electron chi connectivity index (χ1n) is 7.11. The monoisotopic (exact) mass is 366 g/mol. The SMILES string of the molecule is COC(=O)c1ccc(S(=O)(=O)N2CCNC[C@H]2C)cc1C(F)(F)F. The number of benzene rings is 1. The number of carbonyl (C=O) groups is 1. The van der Waals surface area contributed by atoms with E-state index in [0.29, 0.717) is 19.2 Å². The van der Waals surface area contributed by atoms with Crippen LogP contribution >= 0.6 is 0 Å². The minimum atomic E-state index is -4.88. The second-order valence-corrected chi connectivity index (χ2v) is 7.26. The molecular formula is C14H17F3N2O4S. The van der Waals surface area contributed by atoms with Crippen LogP contribution in [0.4, 0.5) is 13.2 Å². The molecule has 2 rings (SSSR count). The van der Waals surface area contributed by atoms with Gasteiger partial charge in [0.25, 0.3) is 0 Å². The smallest absolute Gasteiger partial charge is 0.417 e. The summed E-state index contributed by atoms with van der Waals surface area (Å²) >= 11 is 0. The molecule has 1 aliphatic rings. The molecule has 1 aromatic carbocycles. The van der Waals surface area contributed by atoms with E-state index in [-0.39, 0.29) is 6.54 Å². The largest absolute Gasteiger partial charge is 0.465 e. The predicted octanol–water partition coefficient (Wildman–Crippen LogP) is 1.47. The number of nitrogens with zero attached hydrogens (tertiary/aromatic N) is 1. The van der Waals surface area contributed by atoms with Crippen LogP contribution < -0.4 is 5.32 Å². The van der Waals surface area contributed by atoms with Gasteiger partial charge in [-0.1, -0.05) is 0 Å². The fraction of sp³-hybridized carbons (Fsp3) is 0.500. The zero-order valence-corrected chi connectivity index (χ0v) is 13.9. The van der Waals surface area contributed by atoms with E-state index in [1.165, 1.54) is 0 Å². The molecule has 1 atom stereocenters. The van der Waals surface area contributed by atoms with Crippen LogP contribution in [0.5, 0.6) is 0 Å². The third kappa shape index (κ3) is 3.55. The van der Waals surface area contributed by atoms with Gasteiger partial charge in [0.2, 0.25) is 10.0 Å². The quantitative estimate of drug-likeness (QED) is 0.820. The number of hydrogen-bond acceptors (Lipinski definition) is 5. The molecule has 0 aliphatic carbocycles. The molecule has 0 bridgehead atoms. The van der Waals surface area contributed by atoms with Crippen LogP contribution in [0.15, 0.2) is 23.1 Å². The number of esters is 1. The Morgan fingerprint density at radius 1 is 1.38 bits per heavy atom. The molecule has 6 nitrogen and oxygen atoms in total. The van der Waals surface area contributed by atoms with E-state index >= 15 is 0 Å². The molecule has 0 amide bonds. The van der Waals surface area contributed by atoms with Crippen molar-refractivity contribution in [2.24, 2.45) is 0 Å². The molecule has 1 saturated heterocycles. The Kier molecular flexibility index (Phi) is 5.21. The Labute approximate surface area is 137 Å². The van der Waals surface area contributed by atoms with Crippen LogP contribution in [0.3, 0.4) is 0 Å². The van der Waals surface area contributed by atoms with E-state index < -0.39 is 44.2 Å². The maximum atomic E-state index is 13.2. The molecule has 0 saturated carbocycles. The lowest BCUT2D eigenvalue weighted by molar-refractivity contribution is -0.138. The van der Waals surface area contributed by atoms with Crippen molar-refractivity contribution >= 4 is 16.0 Å². The molecule has 0 radical (unpaired) electrons. The van der Waals surface area contributed by atoms with Gasteiger partial charge in [0.05, 0.1) is 23.1 Å². The maximum Gasteiger partial charge on any atom is 0.417 e. The van der Waals surface area contributed by atoms with Crippen molar-refractivity contribution in [2.45, 2.75) is 24.0 Å². The van der Waals surface area contributed by atoms with E-state index in [4.69, 9.17) is 0 Å². The van der Waals surface area contributed by atoms with Gasteiger partial charge in [-0.2, -0.15) is 17.5 Å². The van der Waals surface area contributed by atoms with Crippen molar-refractivity contribution in [3.63, 3.8) is 0 Å². The Morgan fingerprint density at radius 2 is 2.04 bits per heavy atom. The molecule has 1 aromatic rings. The standard InChI is InChI=1S/C14H17F3N2O4S/c1-9-8-18-5-6-19(9)24(21,22)10-3-4-11(13(20)23-2)12(7-10)14(15,16)17/h3-4,7,9,18H,5-6,8H2,1-2H3/t9-/m1/s1. The van der Waals surface area contributed by atoms with Gasteiger partial charge in [-0.3, -0.25) is 0 Å². The third-order valence-corrected chi connectivity index (χ3v) is 5.76. The molecule has 134 valence electrons. The molecule has 0 unspecified atom stereocenters. The predicted molar refractivity (Wildman–Crippen MR) is 79.0 cm³/mol. The second-order valence-electron chi connectivity index (χ2n) is 5.37. The first-order chi connectivity index (χ1) is 11.1. The number of sulfonamides is 1. The van der Waals surface area contributed by atoms with Crippen LogP contribution in [-0.2, 0) is 20.9 Å². The van der Waals surface area contributed by atoms with Crippen molar-refractivity contribution in [2.75, 3.05) is 26.7 Å². The molecule has 0 aromatic heterocycles. The zero-order valence-electron chi connectivity index (χ0n) is 13.1. The number of hydrogen-bond donors (Lipinski definition) is 1. The van der Waals surface area contributed by atoms with Gasteiger partial charge in [-0.05, 0) is 25.1 Å². The molecular weight excluding hydrogens is 349 g/mol. The number of ether oxygens (including phenoxy) is 1. The normalized spacial score (nSPS) is 20.0. The molecule has 0 spiro atoms. The van der Waals surface area contributed by atoms with Crippen molar-refractivity contribution < 1.29 is 31.1 Å². The molecule has 24 heavy (non-hydrogen) atoms. The van der Waals surface area contributed by atoms with Crippen molar-refractivity contribution in [1.82, 2.24) is 9.62 Å². The lowest BCUT2D eigenvalue weighted by Gasteiger charge is -2.33. The van der Waals surface area contributed by atoms with Crippen LogP contribution in [0.25, 0.3) is 0 Å². The van der Waals surface area contributed by atoms with E-state index in [9.17, 15) is 26.4 Å². The minimum absolute atomic E-state index is 0.156. The van der Waals surface area contributed by atoms with Gasteiger partial charge in [0.15, 0.2) is 0 Å². The summed E-state index contributed by atoms with van der Waals surface area (Å²) in [7, 11) is -3.15. The number of halogens is 3. The third-order valence-electron chi connectivity index (χ3n) is 3.75. The number of piperazine rings is 1. The summed E-state index contributed by atoms with van der Waals surface area (Å²) in [4.78, 5) is 11.0. The van der Waals surface area contributed by atoms with Crippen LogP contribution in [-0.4, -0.2) is 51.5 Å². The molecule has 1 N–H and O–H groups in total. The summed E-state index contributed by atoms with van der Waals surface area (Å²) in [6.07, 6.45) is -4.88. The highest BCUT2D eigenvalue weighted by atomic mass is 32.2.